The maximum Gasteiger partial charge on any atom is 0.0351 e. The first-order valence-corrected chi connectivity index (χ1v) is 11.0. The Labute approximate surface area is 183 Å². The zero-order valence-electron chi connectivity index (χ0n) is 20.2. The van der Waals surface area contributed by atoms with Crippen molar-refractivity contribution in [2.45, 2.75) is 68.2 Å². The summed E-state index contributed by atoms with van der Waals surface area (Å²) < 4.78 is 0. The van der Waals surface area contributed by atoms with Crippen molar-refractivity contribution in [2.24, 2.45) is 0 Å². The highest BCUT2D eigenvalue weighted by molar-refractivity contribution is 5.68. The van der Waals surface area contributed by atoms with Crippen LogP contribution in [0.1, 0.15) is 79.6 Å². The molecule has 3 aromatic carbocycles. The molecule has 0 fully saturated rings. The topological polar surface area (TPSA) is 0 Å². The van der Waals surface area contributed by atoms with E-state index >= 15 is 0 Å². The van der Waals surface area contributed by atoms with Gasteiger partial charge in [-0.2, -0.15) is 0 Å². The predicted molar refractivity (Wildman–Crippen MR) is 133 cm³/mol. The normalized spacial score (nSPS) is 11.3. The van der Waals surface area contributed by atoms with Gasteiger partial charge in [-0.3, -0.25) is 0 Å². The van der Waals surface area contributed by atoms with E-state index in [0.717, 1.165) is 5.57 Å². The summed E-state index contributed by atoms with van der Waals surface area (Å²) >= 11 is 0. The third-order valence-corrected chi connectivity index (χ3v) is 7.40. The summed E-state index contributed by atoms with van der Waals surface area (Å²) in [6.07, 6.45) is 0. The zero-order valence-corrected chi connectivity index (χ0v) is 20.2. The fourth-order valence-electron chi connectivity index (χ4n) is 4.73. The Balaban J connectivity index is 2.47. The molecule has 0 amide bonds. The Morgan fingerprint density at radius 1 is 0.600 bits per heavy atom. The smallest absolute Gasteiger partial charge is 0.0351 e. The van der Waals surface area contributed by atoms with E-state index in [1.54, 1.807) is 0 Å². The molecule has 30 heavy (non-hydrogen) atoms. The van der Waals surface area contributed by atoms with Crippen LogP contribution in [0, 0.1) is 55.4 Å². The second-order valence-electron chi connectivity index (χ2n) is 9.12. The summed E-state index contributed by atoms with van der Waals surface area (Å²) in [4.78, 5) is 0. The van der Waals surface area contributed by atoms with Crippen LogP contribution < -0.4 is 0 Å². The number of aryl methyl sites for hydroxylation is 2. The summed E-state index contributed by atoms with van der Waals surface area (Å²) in [5, 5.41) is 0. The number of rotatable bonds is 4. The molecule has 0 heterocycles. The molecule has 0 unspecified atom stereocenters. The quantitative estimate of drug-likeness (QED) is 0.389. The molecule has 3 aromatic rings. The lowest BCUT2D eigenvalue weighted by Crippen LogP contribution is -2.13. The predicted octanol–water partition coefficient (Wildman–Crippen LogP) is 8.37. The van der Waals surface area contributed by atoms with E-state index in [4.69, 9.17) is 0 Å². The average Bonchev–Trinajstić information content (AvgIpc) is 2.72. The molecule has 0 nitrogen and oxygen atoms in total. The maximum absolute atomic E-state index is 4.30. The SMILES string of the molecule is C=C(C)c1ccccc1C(c1cc(C)c(C)c(C)c1C)c1cc(C)c(C)c(C)c1C. The van der Waals surface area contributed by atoms with Gasteiger partial charge in [0.2, 0.25) is 0 Å². The first-order chi connectivity index (χ1) is 14.1. The summed E-state index contributed by atoms with van der Waals surface area (Å²) in [6, 6.07) is 13.6. The molecule has 0 heteroatoms. The number of benzene rings is 3. The molecule has 0 aliphatic carbocycles. The van der Waals surface area contributed by atoms with Crippen LogP contribution in [0.15, 0.2) is 43.0 Å². The molecule has 0 bridgehead atoms. The highest BCUT2D eigenvalue weighted by Gasteiger charge is 2.26. The molecule has 0 aliphatic heterocycles. The van der Waals surface area contributed by atoms with Crippen molar-refractivity contribution in [3.8, 4) is 0 Å². The van der Waals surface area contributed by atoms with Gasteiger partial charge in [-0.1, -0.05) is 48.6 Å². The maximum atomic E-state index is 4.30. The Morgan fingerprint density at radius 2 is 1.03 bits per heavy atom. The van der Waals surface area contributed by atoms with Crippen LogP contribution in [0.25, 0.3) is 5.57 Å². The summed E-state index contributed by atoms with van der Waals surface area (Å²) in [5.74, 6) is 0.189. The molecule has 0 spiro atoms. The van der Waals surface area contributed by atoms with Crippen molar-refractivity contribution in [2.75, 3.05) is 0 Å². The molecule has 3 rings (SSSR count). The summed E-state index contributed by atoms with van der Waals surface area (Å²) in [5.41, 5.74) is 17.7. The largest absolute Gasteiger partial charge is 0.0955 e. The third kappa shape index (κ3) is 3.65. The minimum atomic E-state index is 0.189. The van der Waals surface area contributed by atoms with E-state index in [2.05, 4.69) is 105 Å². The molecule has 156 valence electrons. The van der Waals surface area contributed by atoms with Crippen LogP contribution in [0.5, 0.6) is 0 Å². The number of hydrogen-bond donors (Lipinski definition) is 0. The lowest BCUT2D eigenvalue weighted by atomic mass is 9.75. The van der Waals surface area contributed by atoms with Crippen molar-refractivity contribution in [1.29, 1.82) is 0 Å². The van der Waals surface area contributed by atoms with Gasteiger partial charge in [0.1, 0.15) is 0 Å². The van der Waals surface area contributed by atoms with Crippen LogP contribution in [0.2, 0.25) is 0 Å². The molecule has 0 N–H and O–H groups in total. The lowest BCUT2D eigenvalue weighted by molar-refractivity contribution is 0.923. The Morgan fingerprint density at radius 3 is 1.47 bits per heavy atom. The van der Waals surface area contributed by atoms with Crippen LogP contribution in [-0.4, -0.2) is 0 Å². The van der Waals surface area contributed by atoms with E-state index in [9.17, 15) is 0 Å². The second kappa shape index (κ2) is 8.26. The second-order valence-corrected chi connectivity index (χ2v) is 9.12. The van der Waals surface area contributed by atoms with Gasteiger partial charge in [-0.25, -0.2) is 0 Å². The lowest BCUT2D eigenvalue weighted by Gasteiger charge is -2.28. The van der Waals surface area contributed by atoms with Crippen LogP contribution in [0.4, 0.5) is 0 Å². The van der Waals surface area contributed by atoms with Gasteiger partial charge in [-0.15, -0.1) is 0 Å². The summed E-state index contributed by atoms with van der Waals surface area (Å²) in [6.45, 7) is 24.5. The average molecular weight is 397 g/mol. The van der Waals surface area contributed by atoms with Gasteiger partial charge in [0.05, 0.1) is 0 Å². The molecular formula is C30H36. The summed E-state index contributed by atoms with van der Waals surface area (Å²) in [7, 11) is 0. The van der Waals surface area contributed by atoms with E-state index in [-0.39, 0.29) is 5.92 Å². The number of allylic oxidation sites excluding steroid dienone is 1. The van der Waals surface area contributed by atoms with E-state index in [1.807, 2.05) is 0 Å². The number of hydrogen-bond acceptors (Lipinski definition) is 0. The molecule has 0 radical (unpaired) electrons. The van der Waals surface area contributed by atoms with Crippen molar-refractivity contribution in [1.82, 2.24) is 0 Å². The van der Waals surface area contributed by atoms with Gasteiger partial charge in [0.25, 0.3) is 0 Å². The molecule has 0 aromatic heterocycles. The highest BCUT2D eigenvalue weighted by atomic mass is 14.3. The molecule has 0 aliphatic rings. The first kappa shape index (κ1) is 22.1. The van der Waals surface area contributed by atoms with E-state index < -0.39 is 0 Å². The Hall–Kier alpha value is -2.60. The van der Waals surface area contributed by atoms with Gasteiger partial charge in [0.15, 0.2) is 0 Å². The Kier molecular flexibility index (Phi) is 6.09. The standard InChI is InChI=1S/C30H36/c1-17(2)26-13-11-12-14-27(26)30(28-15-18(3)20(5)22(7)24(28)9)29-16-19(4)21(6)23(8)25(29)10/h11-16,30H,1H2,2-10H3. The van der Waals surface area contributed by atoms with Crippen molar-refractivity contribution in [3.05, 3.63) is 110 Å². The van der Waals surface area contributed by atoms with Crippen molar-refractivity contribution in [3.63, 3.8) is 0 Å². The molecule has 0 atom stereocenters. The monoisotopic (exact) mass is 396 g/mol. The van der Waals surface area contributed by atoms with Gasteiger partial charge < -0.3 is 0 Å². The minimum absolute atomic E-state index is 0.189. The Bertz CT molecular complexity index is 1080. The van der Waals surface area contributed by atoms with Gasteiger partial charge >= 0.3 is 0 Å². The van der Waals surface area contributed by atoms with Gasteiger partial charge in [0, 0.05) is 5.92 Å². The molecular weight excluding hydrogens is 360 g/mol. The molecule has 0 saturated heterocycles. The van der Waals surface area contributed by atoms with Gasteiger partial charge in [-0.05, 0) is 129 Å². The van der Waals surface area contributed by atoms with Crippen molar-refractivity contribution < 1.29 is 0 Å². The zero-order chi connectivity index (χ0) is 22.3. The first-order valence-electron chi connectivity index (χ1n) is 11.0. The van der Waals surface area contributed by atoms with Crippen LogP contribution in [0.3, 0.4) is 0 Å². The van der Waals surface area contributed by atoms with E-state index in [1.165, 1.54) is 66.8 Å². The van der Waals surface area contributed by atoms with E-state index in [0.29, 0.717) is 0 Å². The fraction of sp³-hybridized carbons (Fsp3) is 0.333. The minimum Gasteiger partial charge on any atom is -0.0955 e. The fourth-order valence-corrected chi connectivity index (χ4v) is 4.73. The third-order valence-electron chi connectivity index (χ3n) is 7.40. The van der Waals surface area contributed by atoms with Crippen LogP contribution in [-0.2, 0) is 0 Å². The van der Waals surface area contributed by atoms with Crippen molar-refractivity contribution >= 4 is 5.57 Å². The van der Waals surface area contributed by atoms with Crippen LogP contribution >= 0.6 is 0 Å². The highest BCUT2D eigenvalue weighted by Crippen LogP contribution is 2.41. The molecule has 0 saturated carbocycles.